The molecule has 2 heterocycles. The highest BCUT2D eigenvalue weighted by molar-refractivity contribution is 5.44. The Morgan fingerprint density at radius 2 is 1.94 bits per heavy atom. The van der Waals surface area contributed by atoms with Gasteiger partial charge in [-0.2, -0.15) is 17.9 Å². The first-order valence-corrected chi connectivity index (χ1v) is 9.96. The van der Waals surface area contributed by atoms with E-state index in [1.54, 1.807) is 12.1 Å². The summed E-state index contributed by atoms with van der Waals surface area (Å²) in [4.78, 5) is 2.25. The van der Waals surface area contributed by atoms with Crippen LogP contribution in [0.2, 0.25) is 0 Å². The summed E-state index contributed by atoms with van der Waals surface area (Å²) in [6.45, 7) is 1.28. The minimum absolute atomic E-state index is 0.00193. The van der Waals surface area contributed by atoms with Gasteiger partial charge in [-0.25, -0.2) is 0 Å². The summed E-state index contributed by atoms with van der Waals surface area (Å²) in [7, 11) is 1.54. The van der Waals surface area contributed by atoms with Gasteiger partial charge in [-0.05, 0) is 53.6 Å². The molecule has 2 atom stereocenters. The van der Waals surface area contributed by atoms with Crippen LogP contribution in [0, 0.1) is 0 Å². The number of hydrogen-bond acceptors (Lipinski definition) is 6. The molecular weight excluding hydrogens is 409 g/mol. The Balaban J connectivity index is 1.69. The van der Waals surface area contributed by atoms with Gasteiger partial charge in [0.15, 0.2) is 0 Å². The Kier molecular flexibility index (Phi) is 5.92. The third kappa shape index (κ3) is 4.40. The fraction of sp³-hybridized carbons (Fsp3) is 0.381. The number of aromatic nitrogens is 4. The van der Waals surface area contributed by atoms with Crippen molar-refractivity contribution in [3.05, 3.63) is 65.5 Å². The summed E-state index contributed by atoms with van der Waals surface area (Å²) in [5, 5.41) is 9.86. The third-order valence-corrected chi connectivity index (χ3v) is 5.53. The molecule has 2 aromatic carbocycles. The summed E-state index contributed by atoms with van der Waals surface area (Å²) in [5.41, 5.74) is 8.54. The Hall–Kier alpha value is -2.98. The van der Waals surface area contributed by atoms with Gasteiger partial charge in [-0.15, -0.1) is 5.10 Å². The van der Waals surface area contributed by atoms with Gasteiger partial charge in [0, 0.05) is 18.2 Å². The number of methoxy groups -OCH3 is 1. The highest BCUT2D eigenvalue weighted by atomic mass is 19.4. The van der Waals surface area contributed by atoms with Crippen molar-refractivity contribution in [2.24, 2.45) is 5.73 Å². The highest BCUT2D eigenvalue weighted by Crippen LogP contribution is 2.34. The van der Waals surface area contributed by atoms with E-state index in [-0.39, 0.29) is 17.8 Å². The fourth-order valence-electron chi connectivity index (χ4n) is 4.16. The summed E-state index contributed by atoms with van der Waals surface area (Å²) in [6.07, 6.45) is -2.81. The van der Waals surface area contributed by atoms with Crippen LogP contribution in [0.1, 0.15) is 35.8 Å². The topological polar surface area (TPSA) is 82.1 Å². The number of halogens is 3. The molecular formula is C21H23F3N6O. The van der Waals surface area contributed by atoms with Crippen molar-refractivity contribution in [3.63, 3.8) is 0 Å². The van der Waals surface area contributed by atoms with E-state index in [0.29, 0.717) is 17.0 Å². The predicted octanol–water partition coefficient (Wildman–Crippen LogP) is 3.35. The van der Waals surface area contributed by atoms with Crippen LogP contribution >= 0.6 is 0 Å². The lowest BCUT2D eigenvalue weighted by molar-refractivity contribution is -0.146. The minimum Gasteiger partial charge on any atom is -0.496 e. The Labute approximate surface area is 177 Å². The Morgan fingerprint density at radius 3 is 2.65 bits per heavy atom. The number of likely N-dealkylation sites (tertiary alicyclic amines) is 1. The molecule has 4 rings (SSSR count). The second kappa shape index (κ2) is 8.64. The van der Waals surface area contributed by atoms with Gasteiger partial charge in [0.25, 0.3) is 5.82 Å². The number of hydrogen-bond donors (Lipinski definition) is 1. The van der Waals surface area contributed by atoms with Gasteiger partial charge < -0.3 is 10.5 Å². The Morgan fingerprint density at radius 1 is 1.16 bits per heavy atom. The van der Waals surface area contributed by atoms with Crippen LogP contribution < -0.4 is 10.5 Å². The zero-order valence-electron chi connectivity index (χ0n) is 17.0. The van der Waals surface area contributed by atoms with E-state index in [9.17, 15) is 13.2 Å². The molecule has 164 valence electrons. The van der Waals surface area contributed by atoms with Crippen molar-refractivity contribution in [3.8, 4) is 11.4 Å². The second-order valence-corrected chi connectivity index (χ2v) is 7.54. The van der Waals surface area contributed by atoms with E-state index in [0.717, 1.165) is 30.5 Å². The first kappa shape index (κ1) is 21.3. The lowest BCUT2D eigenvalue weighted by atomic mass is 9.90. The standard InChI is InChI=1S/C21H23F3N6O/c1-31-18-10-9-16(30-20(21(22,23)24)26-27-28-30)12-15(18)13-29-11-5-8-17(25)19(29)14-6-3-2-4-7-14/h2-4,6-7,9-10,12,17,19H,5,8,11,13,25H2,1H3. The molecule has 31 heavy (non-hydrogen) atoms. The molecule has 2 unspecified atom stereocenters. The molecule has 1 fully saturated rings. The van der Waals surface area contributed by atoms with Crippen LogP contribution in [0.25, 0.3) is 5.69 Å². The molecule has 0 amide bonds. The molecule has 2 N–H and O–H groups in total. The van der Waals surface area contributed by atoms with E-state index in [2.05, 4.69) is 20.4 Å². The second-order valence-electron chi connectivity index (χ2n) is 7.54. The summed E-state index contributed by atoms with van der Waals surface area (Å²) in [6, 6.07) is 14.7. The third-order valence-electron chi connectivity index (χ3n) is 5.53. The number of nitrogens with zero attached hydrogens (tertiary/aromatic N) is 5. The van der Waals surface area contributed by atoms with Gasteiger partial charge in [0.1, 0.15) is 5.75 Å². The van der Waals surface area contributed by atoms with E-state index >= 15 is 0 Å². The zero-order valence-corrected chi connectivity index (χ0v) is 17.0. The molecule has 10 heteroatoms. The van der Waals surface area contributed by atoms with E-state index in [1.807, 2.05) is 30.3 Å². The Bertz CT molecular complexity index is 1020. The van der Waals surface area contributed by atoms with Gasteiger partial charge in [0.05, 0.1) is 18.8 Å². The van der Waals surface area contributed by atoms with Crippen molar-refractivity contribution in [2.75, 3.05) is 13.7 Å². The monoisotopic (exact) mass is 432 g/mol. The number of nitrogens with two attached hydrogens (primary N) is 1. The number of tetrazole rings is 1. The average Bonchev–Trinajstić information content (AvgIpc) is 3.25. The van der Waals surface area contributed by atoms with Crippen molar-refractivity contribution < 1.29 is 17.9 Å². The molecule has 0 radical (unpaired) electrons. The van der Waals surface area contributed by atoms with Crippen LogP contribution in [-0.4, -0.2) is 44.8 Å². The maximum atomic E-state index is 13.3. The number of piperidine rings is 1. The van der Waals surface area contributed by atoms with E-state index < -0.39 is 12.0 Å². The fourth-order valence-corrected chi connectivity index (χ4v) is 4.16. The van der Waals surface area contributed by atoms with Crippen LogP contribution in [0.15, 0.2) is 48.5 Å². The van der Waals surface area contributed by atoms with Crippen LogP contribution in [-0.2, 0) is 12.7 Å². The minimum atomic E-state index is -4.67. The highest BCUT2D eigenvalue weighted by Gasteiger charge is 2.38. The summed E-state index contributed by atoms with van der Waals surface area (Å²) >= 11 is 0. The van der Waals surface area contributed by atoms with Crippen molar-refractivity contribution in [1.29, 1.82) is 0 Å². The number of rotatable bonds is 5. The lowest BCUT2D eigenvalue weighted by Gasteiger charge is -2.40. The number of benzene rings is 2. The number of alkyl halides is 3. The molecule has 3 aromatic rings. The molecule has 0 spiro atoms. The molecule has 0 saturated carbocycles. The molecule has 0 aliphatic carbocycles. The van der Waals surface area contributed by atoms with E-state index in [1.165, 1.54) is 13.2 Å². The number of ether oxygens (including phenoxy) is 1. The summed E-state index contributed by atoms with van der Waals surface area (Å²) in [5.74, 6) is -0.595. The van der Waals surface area contributed by atoms with Crippen LogP contribution in [0.5, 0.6) is 5.75 Å². The molecule has 1 aliphatic heterocycles. The van der Waals surface area contributed by atoms with E-state index in [4.69, 9.17) is 10.5 Å². The van der Waals surface area contributed by atoms with Gasteiger partial charge >= 0.3 is 6.18 Å². The van der Waals surface area contributed by atoms with Gasteiger partial charge in [0.2, 0.25) is 0 Å². The SMILES string of the molecule is COc1ccc(-n2nnnc2C(F)(F)F)cc1CN1CCCC(N)C1c1ccccc1. The zero-order chi connectivity index (χ0) is 22.0. The smallest absolute Gasteiger partial charge is 0.453 e. The van der Waals surface area contributed by atoms with Gasteiger partial charge in [-0.1, -0.05) is 30.3 Å². The molecule has 1 aliphatic rings. The van der Waals surface area contributed by atoms with Crippen LogP contribution in [0.4, 0.5) is 13.2 Å². The van der Waals surface area contributed by atoms with Crippen molar-refractivity contribution in [1.82, 2.24) is 25.1 Å². The van der Waals surface area contributed by atoms with Gasteiger partial charge in [-0.3, -0.25) is 4.90 Å². The maximum absolute atomic E-state index is 13.3. The maximum Gasteiger partial charge on any atom is 0.453 e. The van der Waals surface area contributed by atoms with Crippen molar-refractivity contribution >= 4 is 0 Å². The quantitative estimate of drug-likeness (QED) is 0.666. The molecule has 7 nitrogen and oxygen atoms in total. The predicted molar refractivity (Wildman–Crippen MR) is 108 cm³/mol. The molecule has 1 aromatic heterocycles. The molecule has 0 bridgehead atoms. The first-order valence-electron chi connectivity index (χ1n) is 9.96. The average molecular weight is 432 g/mol. The normalized spacial score (nSPS) is 20.0. The largest absolute Gasteiger partial charge is 0.496 e. The summed E-state index contributed by atoms with van der Waals surface area (Å²) < 4.78 is 46.0. The van der Waals surface area contributed by atoms with Crippen LogP contribution in [0.3, 0.4) is 0 Å². The van der Waals surface area contributed by atoms with Crippen molar-refractivity contribution in [2.45, 2.75) is 37.6 Å². The first-order chi connectivity index (χ1) is 14.9. The molecule has 1 saturated heterocycles. The lowest BCUT2D eigenvalue weighted by Crippen LogP contribution is -2.45.